The van der Waals surface area contributed by atoms with Crippen LogP contribution in [0.1, 0.15) is 56.7 Å². The van der Waals surface area contributed by atoms with E-state index >= 15 is 0 Å². The zero-order valence-electron chi connectivity index (χ0n) is 11.8. The highest BCUT2D eigenvalue weighted by atomic mass is 16.1. The van der Waals surface area contributed by atoms with Gasteiger partial charge in [-0.15, -0.1) is 0 Å². The molecule has 98 valence electrons. The van der Waals surface area contributed by atoms with Gasteiger partial charge in [0, 0.05) is 12.6 Å². The largest absolute Gasteiger partial charge is 0.326 e. The summed E-state index contributed by atoms with van der Waals surface area (Å²) < 4.78 is 0. The van der Waals surface area contributed by atoms with Crippen LogP contribution < -0.4 is 5.32 Å². The molecule has 0 aliphatic heterocycles. The first-order chi connectivity index (χ1) is 8.50. The molecule has 0 radical (unpaired) electrons. The molecule has 0 bridgehead atoms. The summed E-state index contributed by atoms with van der Waals surface area (Å²) in [6, 6.07) is 4.46. The molecule has 1 aliphatic rings. The monoisotopic (exact) mass is 245 g/mol. The zero-order valence-corrected chi connectivity index (χ0v) is 11.8. The summed E-state index contributed by atoms with van der Waals surface area (Å²) >= 11 is 0. The van der Waals surface area contributed by atoms with E-state index in [2.05, 4.69) is 38.2 Å². The van der Waals surface area contributed by atoms with Crippen LogP contribution in [0.3, 0.4) is 0 Å². The molecule has 0 fully saturated rings. The average molecular weight is 245 g/mol. The lowest BCUT2D eigenvalue weighted by Gasteiger charge is -2.22. The fourth-order valence-electron chi connectivity index (χ4n) is 2.75. The lowest BCUT2D eigenvalue weighted by molar-refractivity contribution is -0.114. The molecule has 1 aliphatic carbocycles. The molecule has 1 amide bonds. The molecule has 18 heavy (non-hydrogen) atoms. The molecular formula is C16H23NO. The Balaban J connectivity index is 2.49. The maximum Gasteiger partial charge on any atom is 0.221 e. The van der Waals surface area contributed by atoms with Gasteiger partial charge in [0.15, 0.2) is 0 Å². The Bertz CT molecular complexity index is 462. The van der Waals surface area contributed by atoms with Gasteiger partial charge in [-0.2, -0.15) is 0 Å². The van der Waals surface area contributed by atoms with Crippen molar-refractivity contribution < 1.29 is 4.79 Å². The third-order valence-electron chi connectivity index (χ3n) is 4.11. The smallest absolute Gasteiger partial charge is 0.221 e. The van der Waals surface area contributed by atoms with E-state index in [0.717, 1.165) is 18.5 Å². The second kappa shape index (κ2) is 5.13. The van der Waals surface area contributed by atoms with Gasteiger partial charge >= 0.3 is 0 Å². The number of rotatable bonds is 3. The van der Waals surface area contributed by atoms with Gasteiger partial charge in [0.25, 0.3) is 0 Å². The van der Waals surface area contributed by atoms with Gasteiger partial charge in [0.2, 0.25) is 5.91 Å². The lowest BCUT2D eigenvalue weighted by atomic mass is 9.87. The molecule has 1 N–H and O–H groups in total. The van der Waals surface area contributed by atoms with Crippen LogP contribution in [0.2, 0.25) is 0 Å². The van der Waals surface area contributed by atoms with Crippen molar-refractivity contribution in [1.82, 2.24) is 0 Å². The number of carbonyl (C=O) groups is 1. The number of amides is 1. The minimum atomic E-state index is 0.0347. The highest BCUT2D eigenvalue weighted by Gasteiger charge is 2.22. The SMILES string of the molecule is CC(=O)Nc1c([C@H](C)C(C)C)ccc2c1CCC2. The van der Waals surface area contributed by atoms with Crippen LogP contribution in [0.25, 0.3) is 0 Å². The van der Waals surface area contributed by atoms with Crippen LogP contribution in [-0.4, -0.2) is 5.91 Å². The fourth-order valence-corrected chi connectivity index (χ4v) is 2.75. The Labute approximate surface area is 110 Å². The van der Waals surface area contributed by atoms with Crippen molar-refractivity contribution in [3.8, 4) is 0 Å². The number of fused-ring (bicyclic) bond motifs is 1. The number of nitrogens with one attached hydrogen (secondary N) is 1. The standard InChI is InChI=1S/C16H23NO/c1-10(2)11(3)14-9-8-13-6-5-7-15(13)16(14)17-12(4)18/h8-11H,5-7H2,1-4H3,(H,17,18)/t11-/m1/s1. The maximum atomic E-state index is 11.4. The maximum absolute atomic E-state index is 11.4. The molecule has 1 aromatic carbocycles. The Morgan fingerprint density at radius 2 is 1.94 bits per heavy atom. The number of benzene rings is 1. The van der Waals surface area contributed by atoms with Crippen molar-refractivity contribution in [3.63, 3.8) is 0 Å². The molecular weight excluding hydrogens is 222 g/mol. The summed E-state index contributed by atoms with van der Waals surface area (Å²) in [5, 5.41) is 3.07. The van der Waals surface area contributed by atoms with Crippen molar-refractivity contribution in [2.45, 2.75) is 52.9 Å². The van der Waals surface area contributed by atoms with Crippen molar-refractivity contribution >= 4 is 11.6 Å². The van der Waals surface area contributed by atoms with Crippen LogP contribution >= 0.6 is 0 Å². The van der Waals surface area contributed by atoms with Gasteiger partial charge < -0.3 is 5.32 Å². The summed E-state index contributed by atoms with van der Waals surface area (Å²) in [6.45, 7) is 8.30. The Kier molecular flexibility index (Phi) is 3.74. The van der Waals surface area contributed by atoms with Gasteiger partial charge in [0.05, 0.1) is 0 Å². The van der Waals surface area contributed by atoms with Gasteiger partial charge in [-0.05, 0) is 47.8 Å². The molecule has 0 spiro atoms. The van der Waals surface area contributed by atoms with E-state index in [9.17, 15) is 4.79 Å². The van der Waals surface area contributed by atoms with Gasteiger partial charge in [-0.3, -0.25) is 4.79 Å². The van der Waals surface area contributed by atoms with Crippen LogP contribution in [0.4, 0.5) is 5.69 Å². The minimum Gasteiger partial charge on any atom is -0.326 e. The topological polar surface area (TPSA) is 29.1 Å². The Morgan fingerprint density at radius 3 is 2.56 bits per heavy atom. The lowest BCUT2D eigenvalue weighted by Crippen LogP contribution is -2.13. The number of hydrogen-bond acceptors (Lipinski definition) is 1. The highest BCUT2D eigenvalue weighted by molar-refractivity contribution is 5.91. The first-order valence-corrected chi connectivity index (χ1v) is 6.93. The first-order valence-electron chi connectivity index (χ1n) is 6.93. The normalized spacial score (nSPS) is 15.6. The summed E-state index contributed by atoms with van der Waals surface area (Å²) in [5.41, 5.74) is 5.17. The molecule has 0 saturated carbocycles. The molecule has 2 nitrogen and oxygen atoms in total. The van der Waals surface area contributed by atoms with E-state index in [4.69, 9.17) is 0 Å². The van der Waals surface area contributed by atoms with E-state index in [1.807, 2.05) is 0 Å². The van der Waals surface area contributed by atoms with Crippen LogP contribution in [0.15, 0.2) is 12.1 Å². The summed E-state index contributed by atoms with van der Waals surface area (Å²) in [6.07, 6.45) is 3.46. The molecule has 2 heteroatoms. The molecule has 0 heterocycles. The van der Waals surface area contributed by atoms with Crippen molar-refractivity contribution in [3.05, 3.63) is 28.8 Å². The minimum absolute atomic E-state index is 0.0347. The fraction of sp³-hybridized carbons (Fsp3) is 0.562. The molecule has 2 rings (SSSR count). The predicted octanol–water partition coefficient (Wildman–Crippen LogP) is 3.89. The number of anilines is 1. The second-order valence-electron chi connectivity index (χ2n) is 5.73. The van der Waals surface area contributed by atoms with Crippen LogP contribution in [0.5, 0.6) is 0 Å². The summed E-state index contributed by atoms with van der Waals surface area (Å²) in [7, 11) is 0. The molecule has 0 unspecified atom stereocenters. The van der Waals surface area contributed by atoms with Gasteiger partial charge in [-0.25, -0.2) is 0 Å². The molecule has 1 aromatic rings. The number of aryl methyl sites for hydroxylation is 1. The molecule has 0 saturated heterocycles. The average Bonchev–Trinajstić information content (AvgIpc) is 2.76. The van der Waals surface area contributed by atoms with E-state index in [1.54, 1.807) is 6.92 Å². The highest BCUT2D eigenvalue weighted by Crippen LogP contribution is 2.37. The van der Waals surface area contributed by atoms with Crippen molar-refractivity contribution in [2.24, 2.45) is 5.92 Å². The van der Waals surface area contributed by atoms with Crippen molar-refractivity contribution in [1.29, 1.82) is 0 Å². The van der Waals surface area contributed by atoms with Crippen LogP contribution in [0, 0.1) is 5.92 Å². The van der Waals surface area contributed by atoms with Crippen molar-refractivity contribution in [2.75, 3.05) is 5.32 Å². The number of carbonyl (C=O) groups excluding carboxylic acids is 1. The van der Waals surface area contributed by atoms with Crippen LogP contribution in [-0.2, 0) is 17.6 Å². The van der Waals surface area contributed by atoms with Gasteiger partial charge in [0.1, 0.15) is 0 Å². The predicted molar refractivity (Wildman–Crippen MR) is 76.0 cm³/mol. The summed E-state index contributed by atoms with van der Waals surface area (Å²) in [5.74, 6) is 1.09. The van der Waals surface area contributed by atoms with E-state index < -0.39 is 0 Å². The second-order valence-corrected chi connectivity index (χ2v) is 5.73. The Morgan fingerprint density at radius 1 is 1.22 bits per heavy atom. The van der Waals surface area contributed by atoms with E-state index in [1.165, 1.54) is 23.1 Å². The zero-order chi connectivity index (χ0) is 13.3. The Hall–Kier alpha value is -1.31. The molecule has 1 atom stereocenters. The number of hydrogen-bond donors (Lipinski definition) is 1. The third-order valence-corrected chi connectivity index (χ3v) is 4.11. The summed E-state index contributed by atoms with van der Waals surface area (Å²) in [4.78, 5) is 11.4. The van der Waals surface area contributed by atoms with E-state index in [0.29, 0.717) is 11.8 Å². The molecule has 0 aromatic heterocycles. The third kappa shape index (κ3) is 2.43. The van der Waals surface area contributed by atoms with Gasteiger partial charge in [-0.1, -0.05) is 32.9 Å². The van der Waals surface area contributed by atoms with E-state index in [-0.39, 0.29) is 5.91 Å². The quantitative estimate of drug-likeness (QED) is 0.860. The first kappa shape index (κ1) is 13.1.